The van der Waals surface area contributed by atoms with Crippen molar-refractivity contribution in [3.63, 3.8) is 0 Å². The summed E-state index contributed by atoms with van der Waals surface area (Å²) in [6.07, 6.45) is 4.81. The van der Waals surface area contributed by atoms with Crippen LogP contribution in [0.25, 0.3) is 0 Å². The normalized spacial score (nSPS) is 28.6. The van der Waals surface area contributed by atoms with Crippen LogP contribution in [0.5, 0.6) is 0 Å². The molecular formula is C19H16ClNO5. The average molecular weight is 374 g/mol. The summed E-state index contributed by atoms with van der Waals surface area (Å²) < 4.78 is 4.96. The van der Waals surface area contributed by atoms with E-state index in [1.165, 1.54) is 12.1 Å². The molecule has 2 aliphatic carbocycles. The lowest BCUT2D eigenvalue weighted by Crippen LogP contribution is -2.38. The van der Waals surface area contributed by atoms with Crippen molar-refractivity contribution in [3.05, 3.63) is 47.0 Å². The SMILES string of the molecule is O=C(CN1C(=O)[C@@H]2[C@@H](C1=O)[C@H]1C=C[C@@H]2C1)OCC(=O)c1ccc(Cl)cc1. The van der Waals surface area contributed by atoms with Gasteiger partial charge in [0.1, 0.15) is 6.54 Å². The van der Waals surface area contributed by atoms with Gasteiger partial charge >= 0.3 is 5.97 Å². The first-order valence-electron chi connectivity index (χ1n) is 8.43. The number of ketones is 1. The van der Waals surface area contributed by atoms with Crippen LogP contribution in [0.3, 0.4) is 0 Å². The van der Waals surface area contributed by atoms with Gasteiger partial charge in [-0.15, -0.1) is 0 Å². The van der Waals surface area contributed by atoms with Gasteiger partial charge in [0.2, 0.25) is 11.8 Å². The Morgan fingerprint density at radius 2 is 1.62 bits per heavy atom. The molecule has 0 spiro atoms. The van der Waals surface area contributed by atoms with Gasteiger partial charge in [-0.1, -0.05) is 23.8 Å². The number of fused-ring (bicyclic) bond motifs is 5. The molecule has 2 fully saturated rings. The maximum Gasteiger partial charge on any atom is 0.326 e. The Labute approximate surface area is 154 Å². The molecule has 3 aliphatic rings. The van der Waals surface area contributed by atoms with Crippen LogP contribution in [0.2, 0.25) is 5.02 Å². The van der Waals surface area contributed by atoms with E-state index in [-0.39, 0.29) is 41.3 Å². The zero-order chi connectivity index (χ0) is 18.4. The second kappa shape index (κ2) is 6.36. The number of amides is 2. The van der Waals surface area contributed by atoms with E-state index in [0.29, 0.717) is 10.6 Å². The summed E-state index contributed by atoms with van der Waals surface area (Å²) in [4.78, 5) is 50.0. The zero-order valence-electron chi connectivity index (χ0n) is 13.8. The third kappa shape index (κ3) is 2.74. The highest BCUT2D eigenvalue weighted by Crippen LogP contribution is 2.52. The van der Waals surface area contributed by atoms with Crippen molar-refractivity contribution in [3.8, 4) is 0 Å². The van der Waals surface area contributed by atoms with Crippen LogP contribution >= 0.6 is 11.6 Å². The molecule has 7 heteroatoms. The van der Waals surface area contributed by atoms with Gasteiger partial charge in [-0.05, 0) is 42.5 Å². The van der Waals surface area contributed by atoms with E-state index in [1.807, 2.05) is 12.2 Å². The minimum Gasteiger partial charge on any atom is -0.456 e. The highest BCUT2D eigenvalue weighted by Gasteiger charge is 2.59. The maximum atomic E-state index is 12.5. The number of likely N-dealkylation sites (tertiary alicyclic amines) is 1. The first kappa shape index (κ1) is 17.0. The number of rotatable bonds is 5. The molecule has 1 saturated carbocycles. The van der Waals surface area contributed by atoms with Crippen LogP contribution in [-0.4, -0.2) is 41.6 Å². The molecular weight excluding hydrogens is 358 g/mol. The summed E-state index contributed by atoms with van der Waals surface area (Å²) in [6.45, 7) is -0.894. The van der Waals surface area contributed by atoms with Crippen molar-refractivity contribution in [1.29, 1.82) is 0 Å². The second-order valence-corrected chi connectivity index (χ2v) is 7.29. The fraction of sp³-hybridized carbons (Fsp3) is 0.368. The van der Waals surface area contributed by atoms with Crippen LogP contribution in [0.15, 0.2) is 36.4 Å². The van der Waals surface area contributed by atoms with E-state index < -0.39 is 19.1 Å². The topological polar surface area (TPSA) is 80.8 Å². The number of carbonyl (C=O) groups is 4. The van der Waals surface area contributed by atoms with Crippen molar-refractivity contribution in [2.24, 2.45) is 23.7 Å². The molecule has 4 atom stereocenters. The smallest absolute Gasteiger partial charge is 0.326 e. The summed E-state index contributed by atoms with van der Waals surface area (Å²) in [5.41, 5.74) is 0.368. The summed E-state index contributed by atoms with van der Waals surface area (Å²) in [6, 6.07) is 6.21. The molecule has 0 N–H and O–H groups in total. The molecule has 1 aromatic rings. The fourth-order valence-corrected chi connectivity index (χ4v) is 4.29. The van der Waals surface area contributed by atoms with Crippen LogP contribution in [-0.2, 0) is 19.1 Å². The van der Waals surface area contributed by atoms with Gasteiger partial charge in [0.15, 0.2) is 12.4 Å². The number of Topliss-reactive ketones (excluding diaryl/α,β-unsaturated/α-hetero) is 1. The van der Waals surface area contributed by atoms with Crippen molar-refractivity contribution in [1.82, 2.24) is 4.90 Å². The predicted octanol–water partition coefficient (Wildman–Crippen LogP) is 1.87. The number of hydrogen-bond acceptors (Lipinski definition) is 5. The maximum absolute atomic E-state index is 12.5. The van der Waals surface area contributed by atoms with E-state index >= 15 is 0 Å². The van der Waals surface area contributed by atoms with Crippen molar-refractivity contribution in [2.45, 2.75) is 6.42 Å². The molecule has 134 valence electrons. The standard InChI is InChI=1S/C19H16ClNO5/c20-13-5-3-10(4-6-13)14(22)9-26-15(23)8-21-18(24)16-11-1-2-12(7-11)17(16)19(21)25/h1-6,11-12,16-17H,7-9H2/t11-,12+,16-,17-/m0/s1. The highest BCUT2D eigenvalue weighted by atomic mass is 35.5. The van der Waals surface area contributed by atoms with E-state index in [9.17, 15) is 19.2 Å². The molecule has 2 amide bonds. The molecule has 4 rings (SSSR count). The minimum atomic E-state index is -0.769. The van der Waals surface area contributed by atoms with Gasteiger partial charge in [0.25, 0.3) is 0 Å². The summed E-state index contributed by atoms with van der Waals surface area (Å²) >= 11 is 5.76. The quantitative estimate of drug-likeness (QED) is 0.340. The molecule has 2 bridgehead atoms. The zero-order valence-corrected chi connectivity index (χ0v) is 14.5. The Bertz CT molecular complexity index is 801. The number of allylic oxidation sites excluding steroid dienone is 2. The number of benzene rings is 1. The lowest BCUT2D eigenvalue weighted by Gasteiger charge is -2.16. The lowest BCUT2D eigenvalue weighted by molar-refractivity contribution is -0.152. The third-order valence-electron chi connectivity index (χ3n) is 5.38. The largest absolute Gasteiger partial charge is 0.456 e. The van der Waals surface area contributed by atoms with Crippen LogP contribution in [0.1, 0.15) is 16.8 Å². The number of halogens is 1. The average Bonchev–Trinajstić information content (AvgIpc) is 3.30. The van der Waals surface area contributed by atoms with Gasteiger partial charge in [0.05, 0.1) is 11.8 Å². The third-order valence-corrected chi connectivity index (χ3v) is 5.63. The molecule has 0 unspecified atom stereocenters. The Morgan fingerprint density at radius 1 is 1.04 bits per heavy atom. The van der Waals surface area contributed by atoms with E-state index in [4.69, 9.17) is 16.3 Å². The number of carbonyl (C=O) groups excluding carboxylic acids is 4. The van der Waals surface area contributed by atoms with Crippen LogP contribution in [0, 0.1) is 23.7 Å². The van der Waals surface area contributed by atoms with Gasteiger partial charge in [-0.25, -0.2) is 0 Å². The Hall–Kier alpha value is -2.47. The van der Waals surface area contributed by atoms with Crippen LogP contribution < -0.4 is 0 Å². The second-order valence-electron chi connectivity index (χ2n) is 6.85. The van der Waals surface area contributed by atoms with E-state index in [0.717, 1.165) is 11.3 Å². The molecule has 1 aliphatic heterocycles. The molecule has 0 aromatic heterocycles. The molecule has 1 heterocycles. The Balaban J connectivity index is 1.34. The molecule has 1 saturated heterocycles. The minimum absolute atomic E-state index is 0.0916. The van der Waals surface area contributed by atoms with Gasteiger partial charge in [-0.2, -0.15) is 0 Å². The monoisotopic (exact) mass is 373 g/mol. The molecule has 1 aromatic carbocycles. The molecule has 6 nitrogen and oxygen atoms in total. The first-order chi connectivity index (χ1) is 12.5. The fourth-order valence-electron chi connectivity index (χ4n) is 4.16. The molecule has 0 radical (unpaired) electrons. The van der Waals surface area contributed by atoms with Crippen molar-refractivity contribution >= 4 is 35.2 Å². The number of imide groups is 1. The number of nitrogens with zero attached hydrogens (tertiary/aromatic N) is 1. The lowest BCUT2D eigenvalue weighted by atomic mass is 9.85. The summed E-state index contributed by atoms with van der Waals surface area (Å²) in [5, 5.41) is 0.499. The first-order valence-corrected chi connectivity index (χ1v) is 8.81. The Morgan fingerprint density at radius 3 is 2.19 bits per heavy atom. The van der Waals surface area contributed by atoms with Crippen LogP contribution in [0.4, 0.5) is 0 Å². The molecule has 26 heavy (non-hydrogen) atoms. The summed E-state index contributed by atoms with van der Waals surface area (Å²) in [5.74, 6) is -2.27. The van der Waals surface area contributed by atoms with E-state index in [2.05, 4.69) is 0 Å². The van der Waals surface area contributed by atoms with Crippen molar-refractivity contribution < 1.29 is 23.9 Å². The van der Waals surface area contributed by atoms with Gasteiger partial charge in [-0.3, -0.25) is 24.1 Å². The Kier molecular flexibility index (Phi) is 4.15. The number of hydrogen-bond donors (Lipinski definition) is 0. The van der Waals surface area contributed by atoms with E-state index in [1.54, 1.807) is 12.1 Å². The summed E-state index contributed by atoms with van der Waals surface area (Å²) in [7, 11) is 0. The number of ether oxygens (including phenoxy) is 1. The van der Waals surface area contributed by atoms with Gasteiger partial charge in [0, 0.05) is 10.6 Å². The number of esters is 1. The van der Waals surface area contributed by atoms with Crippen molar-refractivity contribution in [2.75, 3.05) is 13.2 Å². The predicted molar refractivity (Wildman–Crippen MR) is 91.2 cm³/mol. The highest BCUT2D eigenvalue weighted by molar-refractivity contribution is 6.30. The van der Waals surface area contributed by atoms with Gasteiger partial charge < -0.3 is 4.74 Å².